The van der Waals surface area contributed by atoms with E-state index in [-0.39, 0.29) is 17.6 Å². The summed E-state index contributed by atoms with van der Waals surface area (Å²) in [6.45, 7) is 8.57. The van der Waals surface area contributed by atoms with Crippen molar-refractivity contribution in [1.82, 2.24) is 15.1 Å². The Kier molecular flexibility index (Phi) is 6.87. The number of nitrogens with zero attached hydrogens (tertiary/aromatic N) is 2. The molecule has 2 aromatic rings. The third kappa shape index (κ3) is 5.45. The molecule has 1 atom stereocenters. The molecule has 1 aliphatic rings. The zero-order chi connectivity index (χ0) is 19.9. The summed E-state index contributed by atoms with van der Waals surface area (Å²) in [4.78, 5) is 29.9. The van der Waals surface area contributed by atoms with Crippen LogP contribution in [0.4, 0.5) is 0 Å². The van der Waals surface area contributed by atoms with Crippen LogP contribution in [0.3, 0.4) is 0 Å². The summed E-state index contributed by atoms with van der Waals surface area (Å²) in [7, 11) is 0. The summed E-state index contributed by atoms with van der Waals surface area (Å²) in [6.07, 6.45) is 1.91. The van der Waals surface area contributed by atoms with Crippen LogP contribution in [0.15, 0.2) is 53.1 Å². The number of carbonyl (C=O) groups is 2. The molecule has 1 unspecified atom stereocenters. The van der Waals surface area contributed by atoms with E-state index < -0.39 is 6.04 Å². The van der Waals surface area contributed by atoms with Gasteiger partial charge in [0, 0.05) is 39.1 Å². The number of amides is 2. The van der Waals surface area contributed by atoms with E-state index >= 15 is 0 Å². The Bertz CT molecular complexity index is 751. The molecule has 1 saturated heterocycles. The standard InChI is InChI=1S/C22H29N3O3/c1-17(2)16-24-10-12-25(13-11-24)22(27)19(15-18-7-4-3-5-8-18)23-21(26)20-9-6-14-28-20/h3-9,14,17,19H,10-13,15-16H2,1-2H3,(H,23,26). The summed E-state index contributed by atoms with van der Waals surface area (Å²) >= 11 is 0. The Balaban J connectivity index is 1.67. The quantitative estimate of drug-likeness (QED) is 0.797. The molecular weight excluding hydrogens is 354 g/mol. The first kappa shape index (κ1) is 20.1. The Morgan fingerprint density at radius 1 is 1.04 bits per heavy atom. The minimum Gasteiger partial charge on any atom is -0.459 e. The van der Waals surface area contributed by atoms with Crippen molar-refractivity contribution in [3.63, 3.8) is 0 Å². The molecule has 0 aliphatic carbocycles. The minimum atomic E-state index is -0.614. The number of carbonyl (C=O) groups excluding carboxylic acids is 2. The first-order valence-electron chi connectivity index (χ1n) is 9.92. The fourth-order valence-corrected chi connectivity index (χ4v) is 3.57. The van der Waals surface area contributed by atoms with Crippen LogP contribution >= 0.6 is 0 Å². The van der Waals surface area contributed by atoms with Crippen molar-refractivity contribution < 1.29 is 14.0 Å². The first-order chi connectivity index (χ1) is 13.5. The SMILES string of the molecule is CC(C)CN1CCN(C(=O)C(Cc2ccccc2)NC(=O)c2ccco2)CC1. The third-order valence-electron chi connectivity index (χ3n) is 4.94. The molecule has 150 valence electrons. The number of furan rings is 1. The zero-order valence-corrected chi connectivity index (χ0v) is 16.6. The molecule has 0 saturated carbocycles. The second-order valence-electron chi connectivity index (χ2n) is 7.71. The largest absolute Gasteiger partial charge is 0.459 e. The lowest BCUT2D eigenvalue weighted by Crippen LogP contribution is -2.55. The maximum absolute atomic E-state index is 13.2. The molecule has 0 radical (unpaired) electrons. The molecule has 28 heavy (non-hydrogen) atoms. The Morgan fingerprint density at radius 2 is 1.75 bits per heavy atom. The number of hydrogen-bond acceptors (Lipinski definition) is 4. The van der Waals surface area contributed by atoms with Crippen LogP contribution in [-0.4, -0.2) is 60.4 Å². The van der Waals surface area contributed by atoms with Crippen LogP contribution in [0, 0.1) is 5.92 Å². The van der Waals surface area contributed by atoms with Gasteiger partial charge in [0.15, 0.2) is 5.76 Å². The van der Waals surface area contributed by atoms with Crippen LogP contribution in [0.1, 0.15) is 30.0 Å². The van der Waals surface area contributed by atoms with Crippen LogP contribution in [-0.2, 0) is 11.2 Å². The van der Waals surface area contributed by atoms with E-state index in [9.17, 15) is 9.59 Å². The van der Waals surface area contributed by atoms with Crippen LogP contribution < -0.4 is 5.32 Å². The maximum atomic E-state index is 13.2. The molecule has 2 amide bonds. The van der Waals surface area contributed by atoms with Gasteiger partial charge in [0.05, 0.1) is 6.26 Å². The highest BCUT2D eigenvalue weighted by Gasteiger charge is 2.29. The Labute approximate surface area is 166 Å². The molecule has 1 aliphatic heterocycles. The molecule has 2 heterocycles. The molecule has 1 N–H and O–H groups in total. The molecular formula is C22H29N3O3. The van der Waals surface area contributed by atoms with Crippen molar-refractivity contribution in [2.24, 2.45) is 5.92 Å². The van der Waals surface area contributed by atoms with Gasteiger partial charge in [-0.05, 0) is 23.6 Å². The van der Waals surface area contributed by atoms with Gasteiger partial charge in [-0.1, -0.05) is 44.2 Å². The van der Waals surface area contributed by atoms with Gasteiger partial charge in [-0.25, -0.2) is 0 Å². The van der Waals surface area contributed by atoms with E-state index in [1.807, 2.05) is 35.2 Å². The third-order valence-corrected chi connectivity index (χ3v) is 4.94. The van der Waals surface area contributed by atoms with E-state index in [1.165, 1.54) is 6.26 Å². The lowest BCUT2D eigenvalue weighted by Gasteiger charge is -2.37. The predicted octanol–water partition coefficient (Wildman–Crippen LogP) is 2.42. The van der Waals surface area contributed by atoms with Gasteiger partial charge < -0.3 is 14.6 Å². The van der Waals surface area contributed by atoms with E-state index in [4.69, 9.17) is 4.42 Å². The topological polar surface area (TPSA) is 65.8 Å². The highest BCUT2D eigenvalue weighted by atomic mass is 16.3. The second kappa shape index (κ2) is 9.55. The van der Waals surface area contributed by atoms with E-state index in [0.717, 1.165) is 25.2 Å². The molecule has 0 spiro atoms. The second-order valence-corrected chi connectivity index (χ2v) is 7.71. The Morgan fingerprint density at radius 3 is 2.36 bits per heavy atom. The Hall–Kier alpha value is -2.60. The van der Waals surface area contributed by atoms with Gasteiger partial charge in [-0.15, -0.1) is 0 Å². The van der Waals surface area contributed by atoms with E-state index in [0.29, 0.717) is 25.4 Å². The predicted molar refractivity (Wildman–Crippen MR) is 108 cm³/mol. The molecule has 6 heteroatoms. The lowest BCUT2D eigenvalue weighted by molar-refractivity contribution is -0.135. The molecule has 0 bridgehead atoms. The number of rotatable bonds is 7. The summed E-state index contributed by atoms with van der Waals surface area (Å²) in [6, 6.07) is 12.4. The number of piperazine rings is 1. The van der Waals surface area contributed by atoms with Gasteiger partial charge >= 0.3 is 0 Å². The van der Waals surface area contributed by atoms with Gasteiger partial charge in [0.25, 0.3) is 5.91 Å². The molecule has 1 aromatic heterocycles. The zero-order valence-electron chi connectivity index (χ0n) is 16.6. The van der Waals surface area contributed by atoms with Crippen LogP contribution in [0.2, 0.25) is 0 Å². The number of nitrogens with one attached hydrogen (secondary N) is 1. The number of hydrogen-bond donors (Lipinski definition) is 1. The minimum absolute atomic E-state index is 0.0343. The van der Waals surface area contributed by atoms with Crippen molar-refractivity contribution in [3.05, 3.63) is 60.1 Å². The smallest absolute Gasteiger partial charge is 0.287 e. The summed E-state index contributed by atoms with van der Waals surface area (Å²) in [5.74, 6) is 0.430. The summed E-state index contributed by atoms with van der Waals surface area (Å²) in [5.41, 5.74) is 1.01. The van der Waals surface area contributed by atoms with Crippen LogP contribution in [0.5, 0.6) is 0 Å². The van der Waals surface area contributed by atoms with Crippen molar-refractivity contribution in [2.45, 2.75) is 26.3 Å². The fraction of sp³-hybridized carbons (Fsp3) is 0.455. The van der Waals surface area contributed by atoms with E-state index in [2.05, 4.69) is 24.1 Å². The highest BCUT2D eigenvalue weighted by molar-refractivity contribution is 5.95. The van der Waals surface area contributed by atoms with Gasteiger partial charge in [0.2, 0.25) is 5.91 Å². The molecule has 6 nitrogen and oxygen atoms in total. The van der Waals surface area contributed by atoms with Crippen LogP contribution in [0.25, 0.3) is 0 Å². The highest BCUT2D eigenvalue weighted by Crippen LogP contribution is 2.11. The van der Waals surface area contributed by atoms with Crippen molar-refractivity contribution >= 4 is 11.8 Å². The van der Waals surface area contributed by atoms with Crippen molar-refractivity contribution in [1.29, 1.82) is 0 Å². The summed E-state index contributed by atoms with van der Waals surface area (Å²) < 4.78 is 5.18. The molecule has 1 aromatic carbocycles. The lowest BCUT2D eigenvalue weighted by atomic mass is 10.0. The average Bonchev–Trinajstić information content (AvgIpc) is 3.23. The fourth-order valence-electron chi connectivity index (χ4n) is 3.57. The van der Waals surface area contributed by atoms with Crippen molar-refractivity contribution in [3.8, 4) is 0 Å². The maximum Gasteiger partial charge on any atom is 0.287 e. The van der Waals surface area contributed by atoms with E-state index in [1.54, 1.807) is 12.1 Å². The van der Waals surface area contributed by atoms with Gasteiger partial charge in [0.1, 0.15) is 6.04 Å². The monoisotopic (exact) mass is 383 g/mol. The molecule has 1 fully saturated rings. The summed E-state index contributed by atoms with van der Waals surface area (Å²) in [5, 5.41) is 2.87. The first-order valence-corrected chi connectivity index (χ1v) is 9.92. The molecule has 3 rings (SSSR count). The normalized spacial score (nSPS) is 16.2. The number of benzene rings is 1. The van der Waals surface area contributed by atoms with Gasteiger partial charge in [-0.2, -0.15) is 0 Å². The average molecular weight is 383 g/mol. The van der Waals surface area contributed by atoms with Crippen molar-refractivity contribution in [2.75, 3.05) is 32.7 Å². The van der Waals surface area contributed by atoms with Gasteiger partial charge in [-0.3, -0.25) is 14.5 Å².